The van der Waals surface area contributed by atoms with Gasteiger partial charge in [-0.1, -0.05) is 11.2 Å². The number of anilines is 1. The standard InChI is InChI=1S/C13H19N5OS/c1-8-11(12(14)16-19)13(18(4)15-8)17(3)9(2)10-6-5-7-20-10/h5-7,9,19H,1-4H3,(H2,14,16). The van der Waals surface area contributed by atoms with Gasteiger partial charge in [-0.25, -0.2) is 0 Å². The Balaban J connectivity index is 2.47. The van der Waals surface area contributed by atoms with Gasteiger partial charge >= 0.3 is 0 Å². The molecule has 0 saturated heterocycles. The van der Waals surface area contributed by atoms with E-state index in [0.29, 0.717) is 5.56 Å². The molecule has 108 valence electrons. The van der Waals surface area contributed by atoms with Crippen LogP contribution in [-0.4, -0.2) is 27.9 Å². The maximum Gasteiger partial charge on any atom is 0.175 e. The van der Waals surface area contributed by atoms with Crippen LogP contribution in [0.15, 0.2) is 22.7 Å². The smallest absolute Gasteiger partial charge is 0.175 e. The molecule has 0 saturated carbocycles. The highest BCUT2D eigenvalue weighted by Gasteiger charge is 2.24. The molecule has 2 aromatic rings. The third kappa shape index (κ3) is 2.36. The first kappa shape index (κ1) is 14.4. The molecule has 0 aliphatic carbocycles. The molecule has 1 atom stereocenters. The van der Waals surface area contributed by atoms with Crippen LogP contribution < -0.4 is 10.6 Å². The van der Waals surface area contributed by atoms with Gasteiger partial charge < -0.3 is 15.8 Å². The van der Waals surface area contributed by atoms with Crippen molar-refractivity contribution in [2.24, 2.45) is 17.9 Å². The van der Waals surface area contributed by atoms with Crippen LogP contribution in [0.25, 0.3) is 0 Å². The maximum atomic E-state index is 8.96. The van der Waals surface area contributed by atoms with E-state index in [-0.39, 0.29) is 11.9 Å². The zero-order valence-electron chi connectivity index (χ0n) is 12.0. The number of hydrogen-bond acceptors (Lipinski definition) is 5. The summed E-state index contributed by atoms with van der Waals surface area (Å²) in [5.41, 5.74) is 7.19. The Bertz CT molecular complexity index is 617. The first-order chi connectivity index (χ1) is 9.47. The van der Waals surface area contributed by atoms with Gasteiger partial charge in [0.25, 0.3) is 0 Å². The van der Waals surface area contributed by atoms with E-state index in [1.807, 2.05) is 27.1 Å². The number of aromatic nitrogens is 2. The Morgan fingerprint density at radius 3 is 2.85 bits per heavy atom. The third-order valence-corrected chi connectivity index (χ3v) is 4.47. The second-order valence-electron chi connectivity index (χ2n) is 4.70. The van der Waals surface area contributed by atoms with Crippen molar-refractivity contribution < 1.29 is 5.21 Å². The van der Waals surface area contributed by atoms with Crippen LogP contribution in [-0.2, 0) is 7.05 Å². The summed E-state index contributed by atoms with van der Waals surface area (Å²) in [4.78, 5) is 3.33. The number of nitrogens with zero attached hydrogens (tertiary/aromatic N) is 4. The van der Waals surface area contributed by atoms with Crippen molar-refractivity contribution in [3.8, 4) is 0 Å². The summed E-state index contributed by atoms with van der Waals surface area (Å²) in [5.74, 6) is 0.912. The van der Waals surface area contributed by atoms with Crippen molar-refractivity contribution in [1.82, 2.24) is 9.78 Å². The molecule has 2 rings (SSSR count). The first-order valence-electron chi connectivity index (χ1n) is 6.25. The van der Waals surface area contributed by atoms with Crippen LogP contribution in [0, 0.1) is 6.92 Å². The summed E-state index contributed by atoms with van der Waals surface area (Å²) in [6.45, 7) is 3.96. The van der Waals surface area contributed by atoms with Crippen LogP contribution in [0.2, 0.25) is 0 Å². The predicted octanol–water partition coefficient (Wildman–Crippen LogP) is 2.08. The first-order valence-corrected chi connectivity index (χ1v) is 7.13. The summed E-state index contributed by atoms with van der Waals surface area (Å²) >= 11 is 1.70. The molecule has 2 heterocycles. The summed E-state index contributed by atoms with van der Waals surface area (Å²) in [6, 6.07) is 4.30. The Morgan fingerprint density at radius 1 is 1.60 bits per heavy atom. The predicted molar refractivity (Wildman–Crippen MR) is 81.6 cm³/mol. The minimum absolute atomic E-state index is 0.0795. The molecule has 20 heavy (non-hydrogen) atoms. The van der Waals surface area contributed by atoms with Crippen molar-refractivity contribution in [3.05, 3.63) is 33.6 Å². The molecular formula is C13H19N5OS. The van der Waals surface area contributed by atoms with E-state index < -0.39 is 0 Å². The zero-order chi connectivity index (χ0) is 14.9. The largest absolute Gasteiger partial charge is 0.409 e. The lowest BCUT2D eigenvalue weighted by atomic mass is 10.2. The lowest BCUT2D eigenvalue weighted by Crippen LogP contribution is -2.26. The van der Waals surface area contributed by atoms with E-state index in [4.69, 9.17) is 10.9 Å². The topological polar surface area (TPSA) is 79.7 Å². The fourth-order valence-electron chi connectivity index (χ4n) is 2.30. The highest BCUT2D eigenvalue weighted by Crippen LogP contribution is 2.31. The van der Waals surface area contributed by atoms with E-state index in [9.17, 15) is 0 Å². The summed E-state index contributed by atoms with van der Waals surface area (Å²) < 4.78 is 1.76. The van der Waals surface area contributed by atoms with Gasteiger partial charge in [0.15, 0.2) is 5.84 Å². The molecule has 7 heteroatoms. The molecule has 6 nitrogen and oxygen atoms in total. The number of hydrogen-bond donors (Lipinski definition) is 2. The molecule has 2 aromatic heterocycles. The molecule has 0 bridgehead atoms. The lowest BCUT2D eigenvalue weighted by Gasteiger charge is -2.27. The summed E-state index contributed by atoms with van der Waals surface area (Å²) in [6.07, 6.45) is 0. The highest BCUT2D eigenvalue weighted by molar-refractivity contribution is 7.10. The van der Waals surface area contributed by atoms with Gasteiger partial charge in [0.05, 0.1) is 17.3 Å². The molecule has 0 fully saturated rings. The van der Waals surface area contributed by atoms with Gasteiger partial charge in [-0.3, -0.25) is 4.68 Å². The van der Waals surface area contributed by atoms with Crippen LogP contribution in [0.3, 0.4) is 0 Å². The zero-order valence-corrected chi connectivity index (χ0v) is 12.8. The fourth-order valence-corrected chi connectivity index (χ4v) is 3.13. The van der Waals surface area contributed by atoms with Crippen molar-refractivity contribution in [2.45, 2.75) is 19.9 Å². The van der Waals surface area contributed by atoms with Crippen LogP contribution in [0.5, 0.6) is 0 Å². The molecule has 0 spiro atoms. The van der Waals surface area contributed by atoms with Gasteiger partial charge in [-0.05, 0) is 25.3 Å². The molecule has 0 aliphatic rings. The molecular weight excluding hydrogens is 274 g/mol. The second-order valence-corrected chi connectivity index (χ2v) is 5.67. The van der Waals surface area contributed by atoms with Crippen LogP contribution >= 0.6 is 11.3 Å². The summed E-state index contributed by atoms with van der Waals surface area (Å²) in [5, 5.41) is 18.5. The second kappa shape index (κ2) is 5.54. The van der Waals surface area contributed by atoms with Crippen molar-refractivity contribution >= 4 is 23.0 Å². The van der Waals surface area contributed by atoms with Gasteiger partial charge in [0.1, 0.15) is 5.82 Å². The number of nitrogens with two attached hydrogens (primary N) is 1. The Kier molecular flexibility index (Phi) is 3.99. The number of amidine groups is 1. The summed E-state index contributed by atoms with van der Waals surface area (Å²) in [7, 11) is 3.84. The number of thiophene rings is 1. The number of oxime groups is 1. The van der Waals surface area contributed by atoms with E-state index >= 15 is 0 Å². The molecule has 3 N–H and O–H groups in total. The van der Waals surface area contributed by atoms with Gasteiger partial charge in [0, 0.05) is 19.0 Å². The monoisotopic (exact) mass is 293 g/mol. The average molecular weight is 293 g/mol. The minimum Gasteiger partial charge on any atom is -0.409 e. The number of rotatable bonds is 4. The highest BCUT2D eigenvalue weighted by atomic mass is 32.1. The van der Waals surface area contributed by atoms with Crippen LogP contribution in [0.4, 0.5) is 5.82 Å². The van der Waals surface area contributed by atoms with Crippen molar-refractivity contribution in [2.75, 3.05) is 11.9 Å². The third-order valence-electron chi connectivity index (χ3n) is 3.43. The van der Waals surface area contributed by atoms with E-state index in [0.717, 1.165) is 11.5 Å². The van der Waals surface area contributed by atoms with Crippen molar-refractivity contribution in [3.63, 3.8) is 0 Å². The molecule has 0 radical (unpaired) electrons. The minimum atomic E-state index is 0.0795. The molecule has 0 amide bonds. The van der Waals surface area contributed by atoms with E-state index in [1.165, 1.54) is 4.88 Å². The van der Waals surface area contributed by atoms with Gasteiger partial charge in [-0.2, -0.15) is 5.10 Å². The Labute approximate surface area is 122 Å². The normalized spacial score (nSPS) is 13.5. The quantitative estimate of drug-likeness (QED) is 0.391. The van der Waals surface area contributed by atoms with Crippen molar-refractivity contribution in [1.29, 1.82) is 0 Å². The Morgan fingerprint density at radius 2 is 2.30 bits per heavy atom. The van der Waals surface area contributed by atoms with Gasteiger partial charge in [-0.15, -0.1) is 11.3 Å². The SMILES string of the molecule is Cc1nn(C)c(N(C)C(C)c2cccs2)c1C(N)=NO. The Hall–Kier alpha value is -2.02. The lowest BCUT2D eigenvalue weighted by molar-refractivity contribution is 0.318. The van der Waals surface area contributed by atoms with E-state index in [2.05, 4.69) is 33.5 Å². The number of aryl methyl sites for hydroxylation is 2. The van der Waals surface area contributed by atoms with Crippen LogP contribution in [0.1, 0.15) is 29.1 Å². The van der Waals surface area contributed by atoms with Gasteiger partial charge in [0.2, 0.25) is 0 Å². The maximum absolute atomic E-state index is 8.96. The molecule has 1 unspecified atom stereocenters. The fraction of sp³-hybridized carbons (Fsp3) is 0.385. The average Bonchev–Trinajstić information content (AvgIpc) is 3.04. The molecule has 0 aliphatic heterocycles. The molecule has 0 aromatic carbocycles. The van der Waals surface area contributed by atoms with E-state index in [1.54, 1.807) is 16.0 Å².